The van der Waals surface area contributed by atoms with Crippen molar-refractivity contribution in [2.45, 2.75) is 25.3 Å². The standard InChI is InChI=1S/C22H20I2N2O3S/c1-15-3-7-17(8-4-15)14-29-22-20(23)11-18(12-21(22)24)13-25-26-30(27,28)19-9-5-16(2)6-10-19/h3-13,26H,14H2,1-2H3/b25-13-. The number of nitrogens with one attached hydrogen (secondary N) is 1. The van der Waals surface area contributed by atoms with E-state index in [1.807, 2.05) is 19.1 Å². The van der Waals surface area contributed by atoms with Crippen LogP contribution in [0.4, 0.5) is 0 Å². The van der Waals surface area contributed by atoms with E-state index in [1.54, 1.807) is 24.3 Å². The average molecular weight is 646 g/mol. The number of ether oxygens (including phenoxy) is 1. The van der Waals surface area contributed by atoms with Crippen LogP contribution in [0, 0.1) is 21.0 Å². The highest BCUT2D eigenvalue weighted by Crippen LogP contribution is 2.29. The quantitative estimate of drug-likeness (QED) is 0.213. The Morgan fingerprint density at radius 3 is 2.03 bits per heavy atom. The molecule has 3 aromatic rings. The third kappa shape index (κ3) is 6.17. The molecule has 8 heteroatoms. The lowest BCUT2D eigenvalue weighted by Gasteiger charge is -2.11. The average Bonchev–Trinajstić information content (AvgIpc) is 2.69. The van der Waals surface area contributed by atoms with Crippen LogP contribution in [0.15, 0.2) is 70.7 Å². The van der Waals surface area contributed by atoms with Gasteiger partial charge in [0.2, 0.25) is 0 Å². The van der Waals surface area contributed by atoms with Gasteiger partial charge in [0.05, 0.1) is 18.3 Å². The van der Waals surface area contributed by atoms with E-state index in [2.05, 4.69) is 86.3 Å². The van der Waals surface area contributed by atoms with Crippen LogP contribution in [0.5, 0.6) is 5.75 Å². The van der Waals surface area contributed by atoms with Gasteiger partial charge in [0.25, 0.3) is 10.0 Å². The van der Waals surface area contributed by atoms with Gasteiger partial charge >= 0.3 is 0 Å². The Morgan fingerprint density at radius 1 is 0.933 bits per heavy atom. The summed E-state index contributed by atoms with van der Waals surface area (Å²) in [5.41, 5.74) is 4.08. The molecular weight excluding hydrogens is 626 g/mol. The van der Waals surface area contributed by atoms with Crippen molar-refractivity contribution in [3.05, 3.63) is 90.1 Å². The molecule has 156 valence electrons. The molecular formula is C22H20I2N2O3S. The summed E-state index contributed by atoms with van der Waals surface area (Å²) in [5, 5.41) is 3.92. The van der Waals surface area contributed by atoms with Gasteiger partial charge in [-0.2, -0.15) is 13.5 Å². The molecule has 0 fully saturated rings. The second-order valence-electron chi connectivity index (χ2n) is 6.75. The molecule has 0 aromatic heterocycles. The SMILES string of the molecule is Cc1ccc(COc2c(I)cc(/C=N\NS(=O)(=O)c3ccc(C)cc3)cc2I)cc1. The number of aryl methyl sites for hydroxylation is 2. The molecule has 3 aromatic carbocycles. The van der Waals surface area contributed by atoms with E-state index >= 15 is 0 Å². The van der Waals surface area contributed by atoms with E-state index < -0.39 is 10.0 Å². The van der Waals surface area contributed by atoms with Crippen LogP contribution in [-0.2, 0) is 16.6 Å². The maximum Gasteiger partial charge on any atom is 0.276 e. The molecule has 0 unspecified atom stereocenters. The summed E-state index contributed by atoms with van der Waals surface area (Å²) >= 11 is 4.42. The van der Waals surface area contributed by atoms with Gasteiger partial charge in [-0.25, -0.2) is 4.83 Å². The van der Waals surface area contributed by atoms with Crippen molar-refractivity contribution >= 4 is 61.4 Å². The molecule has 30 heavy (non-hydrogen) atoms. The summed E-state index contributed by atoms with van der Waals surface area (Å²) in [6.45, 7) is 4.44. The van der Waals surface area contributed by atoms with Gasteiger partial charge in [-0.15, -0.1) is 0 Å². The minimum absolute atomic E-state index is 0.175. The second-order valence-corrected chi connectivity index (χ2v) is 10.7. The topological polar surface area (TPSA) is 67.8 Å². The second kappa shape index (κ2) is 10.1. The Morgan fingerprint density at radius 2 is 1.47 bits per heavy atom. The number of hydrogen-bond acceptors (Lipinski definition) is 4. The van der Waals surface area contributed by atoms with Crippen LogP contribution >= 0.6 is 45.2 Å². The maximum atomic E-state index is 12.3. The van der Waals surface area contributed by atoms with Crippen molar-refractivity contribution in [3.63, 3.8) is 0 Å². The Kier molecular flexibility index (Phi) is 7.75. The zero-order chi connectivity index (χ0) is 21.7. The molecule has 0 spiro atoms. The van der Waals surface area contributed by atoms with E-state index in [0.717, 1.165) is 29.6 Å². The molecule has 0 saturated heterocycles. The first-order chi connectivity index (χ1) is 14.2. The summed E-state index contributed by atoms with van der Waals surface area (Å²) in [6.07, 6.45) is 1.49. The fourth-order valence-corrected chi connectivity index (χ4v) is 5.49. The van der Waals surface area contributed by atoms with Gasteiger partial charge < -0.3 is 4.74 Å². The summed E-state index contributed by atoms with van der Waals surface area (Å²) in [7, 11) is -3.69. The normalized spacial score (nSPS) is 11.6. The molecule has 0 atom stereocenters. The summed E-state index contributed by atoms with van der Waals surface area (Å²) in [4.78, 5) is 2.43. The molecule has 0 radical (unpaired) electrons. The largest absolute Gasteiger partial charge is 0.487 e. The molecule has 0 aliphatic rings. The van der Waals surface area contributed by atoms with E-state index in [4.69, 9.17) is 4.74 Å². The van der Waals surface area contributed by atoms with Crippen molar-refractivity contribution < 1.29 is 13.2 Å². The van der Waals surface area contributed by atoms with Gasteiger partial charge in [0.15, 0.2) is 0 Å². The third-order valence-corrected chi connectivity index (χ3v) is 7.08. The van der Waals surface area contributed by atoms with Crippen molar-refractivity contribution in [2.75, 3.05) is 0 Å². The Labute approximate surface area is 204 Å². The van der Waals surface area contributed by atoms with Crippen LogP contribution < -0.4 is 9.57 Å². The highest BCUT2D eigenvalue weighted by atomic mass is 127. The van der Waals surface area contributed by atoms with Crippen LogP contribution in [0.2, 0.25) is 0 Å². The smallest absolute Gasteiger partial charge is 0.276 e. The number of benzene rings is 3. The van der Waals surface area contributed by atoms with Crippen molar-refractivity contribution in [3.8, 4) is 5.75 Å². The molecule has 1 N–H and O–H groups in total. The number of sulfonamides is 1. The first-order valence-electron chi connectivity index (χ1n) is 9.03. The van der Waals surface area contributed by atoms with Crippen molar-refractivity contribution in [2.24, 2.45) is 5.10 Å². The first kappa shape index (κ1) is 23.0. The Hall–Kier alpha value is -1.66. The van der Waals surface area contributed by atoms with E-state index in [-0.39, 0.29) is 4.90 Å². The fourth-order valence-electron chi connectivity index (χ4n) is 2.57. The highest BCUT2D eigenvalue weighted by Gasteiger charge is 2.12. The molecule has 3 rings (SSSR count). The van der Waals surface area contributed by atoms with Gasteiger partial charge in [-0.3, -0.25) is 0 Å². The van der Waals surface area contributed by atoms with Crippen LogP contribution in [0.25, 0.3) is 0 Å². The predicted molar refractivity (Wildman–Crippen MR) is 136 cm³/mol. The molecule has 0 aliphatic heterocycles. The number of rotatable bonds is 7. The van der Waals surface area contributed by atoms with E-state index in [1.165, 1.54) is 11.8 Å². The van der Waals surface area contributed by atoms with E-state index in [9.17, 15) is 8.42 Å². The molecule has 0 bridgehead atoms. The zero-order valence-corrected chi connectivity index (χ0v) is 21.5. The predicted octanol–water partition coefficient (Wildman–Crippen LogP) is 5.40. The number of halogens is 2. The lowest BCUT2D eigenvalue weighted by Crippen LogP contribution is -2.18. The van der Waals surface area contributed by atoms with E-state index in [0.29, 0.717) is 6.61 Å². The molecule has 0 amide bonds. The first-order valence-corrected chi connectivity index (χ1v) is 12.7. The van der Waals surface area contributed by atoms with Crippen LogP contribution in [-0.4, -0.2) is 14.6 Å². The van der Waals surface area contributed by atoms with Gasteiger partial charge in [-0.05, 0) is 94.4 Å². The molecule has 5 nitrogen and oxygen atoms in total. The third-order valence-electron chi connectivity index (χ3n) is 4.24. The molecule has 0 saturated carbocycles. The lowest BCUT2D eigenvalue weighted by molar-refractivity contribution is 0.301. The van der Waals surface area contributed by atoms with Crippen LogP contribution in [0.3, 0.4) is 0 Å². The Bertz CT molecular complexity index is 1140. The summed E-state index contributed by atoms with van der Waals surface area (Å²) < 4.78 is 32.5. The molecule has 0 heterocycles. The van der Waals surface area contributed by atoms with Crippen molar-refractivity contribution in [1.29, 1.82) is 0 Å². The summed E-state index contributed by atoms with van der Waals surface area (Å²) in [5.74, 6) is 0.800. The minimum atomic E-state index is -3.69. The monoisotopic (exact) mass is 646 g/mol. The fraction of sp³-hybridized carbons (Fsp3) is 0.136. The number of nitrogens with zero attached hydrogens (tertiary/aromatic N) is 1. The minimum Gasteiger partial charge on any atom is -0.487 e. The maximum absolute atomic E-state index is 12.3. The molecule has 0 aliphatic carbocycles. The summed E-state index contributed by atoms with van der Waals surface area (Å²) in [6, 6.07) is 18.6. The van der Waals surface area contributed by atoms with Crippen LogP contribution in [0.1, 0.15) is 22.3 Å². The lowest BCUT2D eigenvalue weighted by atomic mass is 10.2. The highest BCUT2D eigenvalue weighted by molar-refractivity contribution is 14.1. The zero-order valence-electron chi connectivity index (χ0n) is 16.4. The number of hydrogen-bond donors (Lipinski definition) is 1. The van der Waals surface area contributed by atoms with Gasteiger partial charge in [-0.1, -0.05) is 47.5 Å². The van der Waals surface area contributed by atoms with Gasteiger partial charge in [0.1, 0.15) is 12.4 Å². The number of hydrazone groups is 1. The van der Waals surface area contributed by atoms with Crippen molar-refractivity contribution in [1.82, 2.24) is 4.83 Å². The Balaban J connectivity index is 1.68. The van der Waals surface area contributed by atoms with Gasteiger partial charge in [0, 0.05) is 0 Å².